The topological polar surface area (TPSA) is 0 Å². The quantitative estimate of drug-likeness (QED) is 0.365. The first-order valence-corrected chi connectivity index (χ1v) is 29.7. The van der Waals surface area contributed by atoms with Gasteiger partial charge in [-0.1, -0.05) is 0 Å². The average Bonchev–Trinajstić information content (AvgIpc) is 2.83. The zero-order valence-electron chi connectivity index (χ0n) is 14.0. The monoisotopic (exact) mass is 618 g/mol. The van der Waals surface area contributed by atoms with Crippen molar-refractivity contribution in [2.24, 2.45) is 0 Å². The summed E-state index contributed by atoms with van der Waals surface area (Å²) < 4.78 is 7.59. The molecule has 0 amide bonds. The number of hydrogen-bond acceptors (Lipinski definition) is 0. The smallest absolute Gasteiger partial charge is 1.00 e. The molecule has 5 heteroatoms. The average molecular weight is 618 g/mol. The third-order valence-corrected chi connectivity index (χ3v) is 23.0. The summed E-state index contributed by atoms with van der Waals surface area (Å²) >= 11 is -4.19. The van der Waals surface area contributed by atoms with Gasteiger partial charge in [-0.25, -0.2) is 0 Å². The molecule has 0 spiro atoms. The number of hydrogen-bond donors (Lipinski definition) is 0. The molecule has 0 bridgehead atoms. The molecule has 0 atom stereocenters. The van der Waals surface area contributed by atoms with E-state index >= 15 is 0 Å². The Morgan fingerprint density at radius 3 is 1.33 bits per heavy atom. The Morgan fingerprint density at radius 2 is 1.05 bits per heavy atom. The van der Waals surface area contributed by atoms with Crippen LogP contribution in [0.15, 0.2) is 38.0 Å². The van der Waals surface area contributed by atoms with Crippen molar-refractivity contribution in [1.82, 2.24) is 0 Å². The summed E-state index contributed by atoms with van der Waals surface area (Å²) in [4.78, 5) is 15.4. The number of allylic oxidation sites excluding steroid dienone is 8. The molecule has 0 fully saturated rings. The van der Waals surface area contributed by atoms with Crippen LogP contribution in [0.4, 0.5) is 0 Å². The van der Waals surface area contributed by atoms with Crippen LogP contribution in [0.25, 0.3) is 0 Å². The minimum Gasteiger partial charge on any atom is -1.00 e. The van der Waals surface area contributed by atoms with E-state index in [9.17, 15) is 0 Å². The fraction of sp³-hybridized carbons (Fsp3) is 0.500. The zero-order chi connectivity index (χ0) is 14.3. The summed E-state index contributed by atoms with van der Waals surface area (Å²) in [6.07, 6.45) is 12.5. The third-order valence-electron chi connectivity index (χ3n) is 3.78. The van der Waals surface area contributed by atoms with E-state index in [4.69, 9.17) is 0 Å². The second kappa shape index (κ2) is 8.92. The predicted octanol–water partition coefficient (Wildman–Crippen LogP) is -0.740. The molecule has 0 aromatic heterocycles. The second-order valence-corrected chi connectivity index (χ2v) is 40.0. The second-order valence-electron chi connectivity index (χ2n) is 7.62. The molecule has 0 saturated carbocycles. The predicted molar refractivity (Wildman–Crippen MR) is 88.3 cm³/mol. The van der Waals surface area contributed by atoms with E-state index in [-0.39, 0.29) is 24.8 Å². The van der Waals surface area contributed by atoms with Gasteiger partial charge >= 0.3 is 141 Å². The van der Waals surface area contributed by atoms with Crippen molar-refractivity contribution in [1.29, 1.82) is 0 Å². The van der Waals surface area contributed by atoms with Crippen LogP contribution in [-0.2, 0) is 23.2 Å². The van der Waals surface area contributed by atoms with Gasteiger partial charge in [-0.05, 0) is 0 Å². The summed E-state index contributed by atoms with van der Waals surface area (Å²) in [5.41, 5.74) is 0. The molecule has 0 saturated heterocycles. The summed E-state index contributed by atoms with van der Waals surface area (Å²) in [5, 5.41) is 0. The Balaban J connectivity index is 0.00000200. The molecular formula is C16H26Cl2Sn2Zr. The molecule has 2 aliphatic rings. The molecule has 0 unspecified atom stereocenters. The minimum absolute atomic E-state index is 0. The molecule has 0 radical (unpaired) electrons. The molecule has 0 aromatic rings. The van der Waals surface area contributed by atoms with Gasteiger partial charge in [0.1, 0.15) is 0 Å². The van der Waals surface area contributed by atoms with Crippen molar-refractivity contribution in [3.63, 3.8) is 0 Å². The molecule has 0 N–H and O–H groups in total. The third kappa shape index (κ3) is 6.11. The maximum Gasteiger partial charge on any atom is -1.00 e. The van der Waals surface area contributed by atoms with Gasteiger partial charge < -0.3 is 24.8 Å². The molecule has 21 heavy (non-hydrogen) atoms. The van der Waals surface area contributed by atoms with Gasteiger partial charge in [-0.15, -0.1) is 0 Å². The van der Waals surface area contributed by atoms with Gasteiger partial charge in [0, 0.05) is 0 Å². The van der Waals surface area contributed by atoms with E-state index in [1.165, 1.54) is 12.8 Å². The first kappa shape index (κ1) is 23.0. The van der Waals surface area contributed by atoms with Crippen LogP contribution in [0.1, 0.15) is 12.8 Å². The minimum atomic E-state index is -1.86. The summed E-state index contributed by atoms with van der Waals surface area (Å²) in [6.45, 7) is 0. The number of rotatable bonds is 4. The van der Waals surface area contributed by atoms with E-state index in [0.717, 1.165) is 0 Å². The Hall–Kier alpha value is 2.02. The van der Waals surface area contributed by atoms with E-state index in [1.807, 2.05) is 13.7 Å². The fourth-order valence-electron chi connectivity index (χ4n) is 2.83. The maximum atomic E-state index is 2.57. The molecule has 2 rings (SSSR count). The van der Waals surface area contributed by atoms with Gasteiger partial charge in [-0.3, -0.25) is 0 Å². The van der Waals surface area contributed by atoms with Crippen molar-refractivity contribution >= 4 is 36.8 Å². The van der Waals surface area contributed by atoms with Crippen LogP contribution < -0.4 is 24.8 Å². The molecule has 0 nitrogen and oxygen atoms in total. The van der Waals surface area contributed by atoms with E-state index < -0.39 is 60.0 Å². The molecular weight excluding hydrogens is 592 g/mol. The Kier molecular flexibility index (Phi) is 9.78. The first-order chi connectivity index (χ1) is 8.69. The van der Waals surface area contributed by atoms with Gasteiger partial charge in [-0.2, -0.15) is 0 Å². The molecule has 0 aromatic carbocycles. The standard InChI is InChI=1S/2C5H4.6CH3.2ClH.2Sn.Zr/c2*1-2-4-5-3-1;;;;;;;;;;;/h2*1-2H,3H2;6*1H3;2*1H;;;/q;;;;;;;;;;;;+2/p-2. The zero-order valence-corrected chi connectivity index (χ0v) is 23.7. The first-order valence-electron chi connectivity index (χ1n) is 7.27. The summed E-state index contributed by atoms with van der Waals surface area (Å²) in [5.74, 6) is 0. The van der Waals surface area contributed by atoms with Crippen LogP contribution in [0.5, 0.6) is 0 Å². The van der Waals surface area contributed by atoms with E-state index in [1.54, 1.807) is 0 Å². The van der Waals surface area contributed by atoms with E-state index in [0.29, 0.717) is 0 Å². The summed E-state index contributed by atoms with van der Waals surface area (Å²) in [7, 11) is 0. The van der Waals surface area contributed by atoms with Gasteiger partial charge in [0.15, 0.2) is 0 Å². The SMILES string of the molecule is [CH3][Sn]([CH3])([CH3])[C]1=[C]([Zr+2][C]2=[C]([Sn]([CH3])([CH3])[CH3])C=CC2)CC=C1.[Cl-].[Cl-]. The van der Waals surface area contributed by atoms with Crippen LogP contribution in [0, 0.1) is 0 Å². The van der Waals surface area contributed by atoms with E-state index in [2.05, 4.69) is 53.9 Å². The Labute approximate surface area is 163 Å². The van der Waals surface area contributed by atoms with Crippen LogP contribution in [0.2, 0.25) is 29.6 Å². The molecule has 2 aliphatic carbocycles. The molecule has 0 heterocycles. The Bertz CT molecular complexity index is 457. The van der Waals surface area contributed by atoms with Gasteiger partial charge in [0.25, 0.3) is 0 Å². The van der Waals surface area contributed by atoms with Gasteiger partial charge in [0.2, 0.25) is 0 Å². The molecule has 0 aliphatic heterocycles. The molecule has 116 valence electrons. The van der Waals surface area contributed by atoms with Crippen LogP contribution >= 0.6 is 0 Å². The van der Waals surface area contributed by atoms with Gasteiger partial charge in [0.05, 0.1) is 0 Å². The normalized spacial score (nSPS) is 17.8. The van der Waals surface area contributed by atoms with Crippen molar-refractivity contribution < 1.29 is 48.0 Å². The summed E-state index contributed by atoms with van der Waals surface area (Å²) in [6, 6.07) is 0. The van der Waals surface area contributed by atoms with Crippen LogP contribution in [0.3, 0.4) is 0 Å². The fourth-order valence-corrected chi connectivity index (χ4v) is 29.6. The van der Waals surface area contributed by atoms with Crippen LogP contribution in [-0.4, -0.2) is 36.8 Å². The van der Waals surface area contributed by atoms with Crippen molar-refractivity contribution in [3.8, 4) is 0 Å². The van der Waals surface area contributed by atoms with Crippen molar-refractivity contribution in [3.05, 3.63) is 38.0 Å². The largest absolute Gasteiger partial charge is 1.00 e. The number of halogens is 2. The Morgan fingerprint density at radius 1 is 0.714 bits per heavy atom. The van der Waals surface area contributed by atoms with Crippen molar-refractivity contribution in [2.75, 3.05) is 0 Å². The maximum absolute atomic E-state index is 2.57. The van der Waals surface area contributed by atoms with Crippen molar-refractivity contribution in [2.45, 2.75) is 42.5 Å².